The summed E-state index contributed by atoms with van der Waals surface area (Å²) < 4.78 is 4.81. The van der Waals surface area contributed by atoms with Gasteiger partial charge in [-0.3, -0.25) is 4.90 Å². The summed E-state index contributed by atoms with van der Waals surface area (Å²) in [5, 5.41) is 0. The maximum Gasteiger partial charge on any atom is 0.340 e. The van der Waals surface area contributed by atoms with Crippen LogP contribution >= 0.6 is 0 Å². The molecule has 0 saturated carbocycles. The van der Waals surface area contributed by atoms with Gasteiger partial charge < -0.3 is 10.5 Å². The molecule has 0 spiro atoms. The number of nitrogens with zero attached hydrogens (tertiary/aromatic N) is 1. The second-order valence-electron chi connectivity index (χ2n) is 5.27. The fraction of sp³-hybridized carbons (Fsp3) is 0.533. The van der Waals surface area contributed by atoms with Gasteiger partial charge >= 0.3 is 5.97 Å². The van der Waals surface area contributed by atoms with Gasteiger partial charge in [0.05, 0.1) is 12.7 Å². The van der Waals surface area contributed by atoms with E-state index in [1.165, 1.54) is 7.11 Å². The Morgan fingerprint density at radius 2 is 2.00 bits per heavy atom. The van der Waals surface area contributed by atoms with Crippen molar-refractivity contribution in [3.8, 4) is 0 Å². The Morgan fingerprint density at radius 3 is 2.53 bits per heavy atom. The zero-order chi connectivity index (χ0) is 14.6. The highest BCUT2D eigenvalue weighted by atomic mass is 16.5. The zero-order valence-corrected chi connectivity index (χ0v) is 12.4. The summed E-state index contributed by atoms with van der Waals surface area (Å²) in [5.74, 6) is 0.173. The molecule has 1 atom stereocenters. The van der Waals surface area contributed by atoms with E-state index >= 15 is 0 Å². The molecule has 1 aromatic carbocycles. The molecule has 4 heteroatoms. The molecule has 1 aromatic rings. The van der Waals surface area contributed by atoms with E-state index in [-0.39, 0.29) is 5.97 Å². The summed E-state index contributed by atoms with van der Waals surface area (Å²) in [5.41, 5.74) is 7.74. The third-order valence-electron chi connectivity index (χ3n) is 3.65. The van der Waals surface area contributed by atoms with E-state index in [0.29, 0.717) is 29.8 Å². The molecule has 0 aromatic heterocycles. The molecule has 0 aliphatic rings. The number of carbonyl (C=O) groups is 1. The predicted molar refractivity (Wildman–Crippen MR) is 78.0 cm³/mol. The molecule has 0 bridgehead atoms. The Balaban J connectivity index is 3.01. The first kappa shape index (κ1) is 15.5. The van der Waals surface area contributed by atoms with Crippen LogP contribution in [-0.2, 0) is 11.3 Å². The van der Waals surface area contributed by atoms with Crippen LogP contribution in [0.4, 0.5) is 5.69 Å². The fourth-order valence-electron chi connectivity index (χ4n) is 2.02. The molecule has 0 amide bonds. The fourth-order valence-corrected chi connectivity index (χ4v) is 2.02. The molecular weight excluding hydrogens is 240 g/mol. The molecule has 19 heavy (non-hydrogen) atoms. The lowest BCUT2D eigenvalue weighted by atomic mass is 10.0. The van der Waals surface area contributed by atoms with Crippen molar-refractivity contribution in [2.45, 2.75) is 33.4 Å². The standard InChI is InChI=1S/C15H24N2O2/c1-10(2)11(3)17(4)9-12-7-6-8-13(16)14(12)15(18)19-5/h6-8,10-11H,9,16H2,1-5H3. The molecule has 0 heterocycles. The number of methoxy groups -OCH3 is 1. The van der Waals surface area contributed by atoms with Crippen LogP contribution in [-0.4, -0.2) is 31.1 Å². The summed E-state index contributed by atoms with van der Waals surface area (Å²) in [4.78, 5) is 14.0. The van der Waals surface area contributed by atoms with Crippen molar-refractivity contribution >= 4 is 11.7 Å². The number of ether oxygens (including phenoxy) is 1. The number of anilines is 1. The first-order valence-electron chi connectivity index (χ1n) is 6.54. The smallest absolute Gasteiger partial charge is 0.340 e. The van der Waals surface area contributed by atoms with Crippen molar-refractivity contribution in [2.24, 2.45) is 5.92 Å². The molecule has 0 radical (unpaired) electrons. The molecular formula is C15H24N2O2. The van der Waals surface area contributed by atoms with Crippen molar-refractivity contribution < 1.29 is 9.53 Å². The van der Waals surface area contributed by atoms with Gasteiger partial charge in [0.15, 0.2) is 0 Å². The van der Waals surface area contributed by atoms with Crippen LogP contribution < -0.4 is 5.73 Å². The van der Waals surface area contributed by atoms with Crippen LogP contribution in [0.15, 0.2) is 18.2 Å². The largest absolute Gasteiger partial charge is 0.465 e. The topological polar surface area (TPSA) is 55.6 Å². The Hall–Kier alpha value is -1.55. The minimum atomic E-state index is -0.376. The lowest BCUT2D eigenvalue weighted by Crippen LogP contribution is -2.33. The van der Waals surface area contributed by atoms with Crippen molar-refractivity contribution in [3.63, 3.8) is 0 Å². The van der Waals surface area contributed by atoms with Gasteiger partial charge in [-0.2, -0.15) is 0 Å². The van der Waals surface area contributed by atoms with Crippen LogP contribution in [0.2, 0.25) is 0 Å². The zero-order valence-electron chi connectivity index (χ0n) is 12.4. The van der Waals surface area contributed by atoms with Gasteiger partial charge in [0.25, 0.3) is 0 Å². The quantitative estimate of drug-likeness (QED) is 0.656. The van der Waals surface area contributed by atoms with Crippen LogP contribution in [0, 0.1) is 5.92 Å². The molecule has 0 saturated heterocycles. The number of nitrogens with two attached hydrogens (primary N) is 1. The number of rotatable bonds is 5. The number of esters is 1. The van der Waals surface area contributed by atoms with Crippen molar-refractivity contribution in [1.82, 2.24) is 4.90 Å². The highest BCUT2D eigenvalue weighted by molar-refractivity contribution is 5.96. The monoisotopic (exact) mass is 264 g/mol. The summed E-state index contributed by atoms with van der Waals surface area (Å²) in [6.45, 7) is 7.22. The van der Waals surface area contributed by atoms with Crippen molar-refractivity contribution in [3.05, 3.63) is 29.3 Å². The first-order valence-corrected chi connectivity index (χ1v) is 6.54. The summed E-state index contributed by atoms with van der Waals surface area (Å²) >= 11 is 0. The van der Waals surface area contributed by atoms with E-state index in [1.54, 1.807) is 6.07 Å². The number of hydrogen-bond donors (Lipinski definition) is 1. The van der Waals surface area contributed by atoms with E-state index in [4.69, 9.17) is 10.5 Å². The molecule has 1 unspecified atom stereocenters. The first-order chi connectivity index (χ1) is 8.88. The van der Waals surface area contributed by atoms with Crippen molar-refractivity contribution in [1.29, 1.82) is 0 Å². The summed E-state index contributed by atoms with van der Waals surface area (Å²) in [6.07, 6.45) is 0. The van der Waals surface area contributed by atoms with E-state index in [9.17, 15) is 4.79 Å². The van der Waals surface area contributed by atoms with Crippen molar-refractivity contribution in [2.75, 3.05) is 19.9 Å². The Labute approximate surface area is 115 Å². The minimum absolute atomic E-state index is 0.376. The maximum atomic E-state index is 11.8. The molecule has 0 aliphatic carbocycles. The normalized spacial score (nSPS) is 12.8. The average molecular weight is 264 g/mol. The van der Waals surface area contributed by atoms with E-state index < -0.39 is 0 Å². The van der Waals surface area contributed by atoms with Crippen LogP contribution in [0.25, 0.3) is 0 Å². The maximum absolute atomic E-state index is 11.8. The Morgan fingerprint density at radius 1 is 1.37 bits per heavy atom. The average Bonchev–Trinajstić information content (AvgIpc) is 2.37. The number of nitrogen functional groups attached to an aromatic ring is 1. The van der Waals surface area contributed by atoms with Gasteiger partial charge in [-0.1, -0.05) is 26.0 Å². The molecule has 0 fully saturated rings. The molecule has 106 valence electrons. The summed E-state index contributed by atoms with van der Waals surface area (Å²) in [6, 6.07) is 5.94. The van der Waals surface area contributed by atoms with E-state index in [2.05, 4.69) is 32.7 Å². The lowest BCUT2D eigenvalue weighted by Gasteiger charge is -2.28. The highest BCUT2D eigenvalue weighted by Crippen LogP contribution is 2.21. The highest BCUT2D eigenvalue weighted by Gasteiger charge is 2.19. The third-order valence-corrected chi connectivity index (χ3v) is 3.65. The molecule has 0 aliphatic heterocycles. The van der Waals surface area contributed by atoms with Gasteiger partial charge in [-0.25, -0.2) is 4.79 Å². The predicted octanol–water partition coefficient (Wildman–Crippen LogP) is 2.53. The summed E-state index contributed by atoms with van der Waals surface area (Å²) in [7, 11) is 3.42. The number of benzene rings is 1. The van der Waals surface area contributed by atoms with Gasteiger partial charge in [-0.05, 0) is 31.5 Å². The van der Waals surface area contributed by atoms with Gasteiger partial charge in [0.2, 0.25) is 0 Å². The molecule has 2 N–H and O–H groups in total. The van der Waals surface area contributed by atoms with Gasteiger partial charge in [0, 0.05) is 18.3 Å². The molecule has 4 nitrogen and oxygen atoms in total. The Bertz CT molecular complexity index is 444. The number of hydrogen-bond acceptors (Lipinski definition) is 4. The second-order valence-corrected chi connectivity index (χ2v) is 5.27. The van der Waals surface area contributed by atoms with Crippen LogP contribution in [0.1, 0.15) is 36.7 Å². The third kappa shape index (κ3) is 3.70. The lowest BCUT2D eigenvalue weighted by molar-refractivity contribution is 0.0599. The minimum Gasteiger partial charge on any atom is -0.465 e. The number of carbonyl (C=O) groups excluding carboxylic acids is 1. The van der Waals surface area contributed by atoms with E-state index in [1.807, 2.05) is 12.1 Å². The van der Waals surface area contributed by atoms with Crippen LogP contribution in [0.3, 0.4) is 0 Å². The van der Waals surface area contributed by atoms with E-state index in [0.717, 1.165) is 5.56 Å². The van der Waals surface area contributed by atoms with Crippen LogP contribution in [0.5, 0.6) is 0 Å². The van der Waals surface area contributed by atoms with Gasteiger partial charge in [-0.15, -0.1) is 0 Å². The van der Waals surface area contributed by atoms with Gasteiger partial charge in [0.1, 0.15) is 0 Å². The SMILES string of the molecule is COC(=O)c1c(N)cccc1CN(C)C(C)C(C)C. The molecule has 1 rings (SSSR count). The Kier molecular flexibility index (Phi) is 5.36. The second kappa shape index (κ2) is 6.57.